The van der Waals surface area contributed by atoms with Gasteiger partial charge in [-0.1, -0.05) is 0 Å². The van der Waals surface area contributed by atoms with E-state index in [1.165, 1.54) is 22.3 Å². The van der Waals surface area contributed by atoms with Crippen molar-refractivity contribution in [2.75, 3.05) is 20.8 Å². The molecule has 94 valence electrons. The summed E-state index contributed by atoms with van der Waals surface area (Å²) in [7, 11) is 3.50. The fourth-order valence-electron chi connectivity index (χ4n) is 2.79. The van der Waals surface area contributed by atoms with E-state index in [1.807, 2.05) is 0 Å². The molecule has 1 aliphatic heterocycles. The molecule has 3 heteroatoms. The predicted molar refractivity (Wildman–Crippen MR) is 69.1 cm³/mol. The van der Waals surface area contributed by atoms with Crippen molar-refractivity contribution in [2.45, 2.75) is 33.2 Å². The normalized spacial score (nSPS) is 18.8. The lowest BCUT2D eigenvalue weighted by atomic mass is 9.88. The van der Waals surface area contributed by atoms with Gasteiger partial charge in [-0.15, -0.1) is 0 Å². The van der Waals surface area contributed by atoms with Crippen molar-refractivity contribution in [1.82, 2.24) is 5.32 Å². The Hall–Kier alpha value is -1.22. The molecule has 1 aromatic rings. The van der Waals surface area contributed by atoms with Gasteiger partial charge in [-0.2, -0.15) is 0 Å². The lowest BCUT2D eigenvalue weighted by Crippen LogP contribution is -2.29. The van der Waals surface area contributed by atoms with Gasteiger partial charge in [-0.3, -0.25) is 0 Å². The van der Waals surface area contributed by atoms with E-state index in [-0.39, 0.29) is 0 Å². The number of ether oxygens (including phenoxy) is 2. The van der Waals surface area contributed by atoms with Crippen LogP contribution in [0.4, 0.5) is 0 Å². The summed E-state index contributed by atoms with van der Waals surface area (Å²) < 4.78 is 11.2. The van der Waals surface area contributed by atoms with E-state index in [1.54, 1.807) is 14.2 Å². The molecular weight excluding hydrogens is 214 g/mol. The first kappa shape index (κ1) is 12.2. The molecule has 1 unspecified atom stereocenters. The van der Waals surface area contributed by atoms with Crippen LogP contribution >= 0.6 is 0 Å². The Balaban J connectivity index is 2.75. The van der Waals surface area contributed by atoms with Crippen molar-refractivity contribution < 1.29 is 9.47 Å². The van der Waals surface area contributed by atoms with Crippen molar-refractivity contribution in [2.24, 2.45) is 0 Å². The van der Waals surface area contributed by atoms with Crippen LogP contribution in [-0.2, 0) is 6.42 Å². The maximum Gasteiger partial charge on any atom is 0.127 e. The number of methoxy groups -OCH3 is 2. The molecule has 17 heavy (non-hydrogen) atoms. The number of hydrogen-bond acceptors (Lipinski definition) is 3. The monoisotopic (exact) mass is 235 g/mol. The second-order valence-electron chi connectivity index (χ2n) is 4.63. The Morgan fingerprint density at radius 1 is 1.06 bits per heavy atom. The van der Waals surface area contributed by atoms with Crippen LogP contribution in [0.25, 0.3) is 0 Å². The molecule has 1 N–H and O–H groups in total. The van der Waals surface area contributed by atoms with E-state index < -0.39 is 0 Å². The molecule has 0 saturated heterocycles. The van der Waals surface area contributed by atoms with Crippen molar-refractivity contribution in [1.29, 1.82) is 0 Å². The van der Waals surface area contributed by atoms with Crippen LogP contribution < -0.4 is 14.8 Å². The summed E-state index contributed by atoms with van der Waals surface area (Å²) in [5.41, 5.74) is 4.94. The lowest BCUT2D eigenvalue weighted by molar-refractivity contribution is 0.374. The highest BCUT2D eigenvalue weighted by Crippen LogP contribution is 2.42. The molecule has 0 amide bonds. The maximum absolute atomic E-state index is 5.60. The summed E-state index contributed by atoms with van der Waals surface area (Å²) in [4.78, 5) is 0. The molecular formula is C14H21NO2. The molecule has 1 heterocycles. The first-order valence-electron chi connectivity index (χ1n) is 6.09. The van der Waals surface area contributed by atoms with Gasteiger partial charge < -0.3 is 14.8 Å². The molecule has 0 spiro atoms. The Kier molecular flexibility index (Phi) is 3.29. The van der Waals surface area contributed by atoms with Crippen molar-refractivity contribution in [3.63, 3.8) is 0 Å². The largest absolute Gasteiger partial charge is 0.496 e. The fourth-order valence-corrected chi connectivity index (χ4v) is 2.79. The fraction of sp³-hybridized carbons (Fsp3) is 0.571. The van der Waals surface area contributed by atoms with E-state index >= 15 is 0 Å². The Morgan fingerprint density at radius 2 is 1.65 bits per heavy atom. The minimum absolute atomic E-state index is 0.321. The third kappa shape index (κ3) is 1.78. The van der Waals surface area contributed by atoms with E-state index in [4.69, 9.17) is 9.47 Å². The minimum Gasteiger partial charge on any atom is -0.496 e. The summed E-state index contributed by atoms with van der Waals surface area (Å²) in [6.07, 6.45) is 1.00. The zero-order valence-corrected chi connectivity index (χ0v) is 11.3. The number of hydrogen-bond donors (Lipinski definition) is 1. The van der Waals surface area contributed by atoms with Crippen LogP contribution in [0, 0.1) is 13.8 Å². The van der Waals surface area contributed by atoms with Crippen molar-refractivity contribution in [3.8, 4) is 11.5 Å². The summed E-state index contributed by atoms with van der Waals surface area (Å²) in [6, 6.07) is 0.321. The zero-order valence-electron chi connectivity index (χ0n) is 11.3. The Morgan fingerprint density at radius 3 is 2.24 bits per heavy atom. The molecule has 0 saturated carbocycles. The van der Waals surface area contributed by atoms with Crippen LogP contribution in [0.2, 0.25) is 0 Å². The summed E-state index contributed by atoms with van der Waals surface area (Å²) in [6.45, 7) is 7.37. The van der Waals surface area contributed by atoms with Crippen LogP contribution in [0.5, 0.6) is 11.5 Å². The Labute approximate surface area is 103 Å². The summed E-state index contributed by atoms with van der Waals surface area (Å²) in [5.74, 6) is 2.05. The van der Waals surface area contributed by atoms with E-state index in [0.29, 0.717) is 6.04 Å². The second-order valence-corrected chi connectivity index (χ2v) is 4.63. The van der Waals surface area contributed by atoms with Gasteiger partial charge in [-0.05, 0) is 44.9 Å². The summed E-state index contributed by atoms with van der Waals surface area (Å²) >= 11 is 0. The van der Waals surface area contributed by atoms with Gasteiger partial charge in [0.05, 0.1) is 14.2 Å². The third-order valence-electron chi connectivity index (χ3n) is 3.75. The molecule has 3 nitrogen and oxygen atoms in total. The highest BCUT2D eigenvalue weighted by Gasteiger charge is 2.27. The van der Waals surface area contributed by atoms with Gasteiger partial charge >= 0.3 is 0 Å². The molecule has 0 fully saturated rings. The highest BCUT2D eigenvalue weighted by molar-refractivity contribution is 5.60. The first-order chi connectivity index (χ1) is 8.11. The third-order valence-corrected chi connectivity index (χ3v) is 3.75. The van der Waals surface area contributed by atoms with Crippen LogP contribution in [0.3, 0.4) is 0 Å². The van der Waals surface area contributed by atoms with Crippen LogP contribution in [0.1, 0.15) is 35.2 Å². The molecule has 1 atom stereocenters. The van der Waals surface area contributed by atoms with Gasteiger partial charge in [0.15, 0.2) is 0 Å². The number of benzene rings is 1. The van der Waals surface area contributed by atoms with Gasteiger partial charge in [0.2, 0.25) is 0 Å². The van der Waals surface area contributed by atoms with E-state index in [2.05, 4.69) is 26.1 Å². The van der Waals surface area contributed by atoms with Crippen molar-refractivity contribution >= 4 is 0 Å². The first-order valence-corrected chi connectivity index (χ1v) is 6.09. The maximum atomic E-state index is 5.60. The SMILES string of the molecule is COc1c(C)c(C)c(OC)c2c1CCNC2C. The smallest absolute Gasteiger partial charge is 0.127 e. The molecule has 1 aromatic carbocycles. The molecule has 1 aliphatic rings. The second kappa shape index (κ2) is 4.57. The van der Waals surface area contributed by atoms with Gasteiger partial charge in [-0.25, -0.2) is 0 Å². The molecule has 2 rings (SSSR count). The number of rotatable bonds is 2. The standard InChI is InChI=1S/C14H21NO2/c1-8-9(2)14(17-5)12-10(3)15-7-6-11(12)13(8)16-4/h10,15H,6-7H2,1-5H3. The predicted octanol–water partition coefficient (Wildman–Crippen LogP) is 2.53. The molecule has 0 aromatic heterocycles. The average molecular weight is 235 g/mol. The van der Waals surface area contributed by atoms with Gasteiger partial charge in [0.1, 0.15) is 11.5 Å². The zero-order chi connectivity index (χ0) is 12.6. The topological polar surface area (TPSA) is 30.5 Å². The lowest BCUT2D eigenvalue weighted by Gasteiger charge is -2.30. The van der Waals surface area contributed by atoms with Gasteiger partial charge in [0.25, 0.3) is 0 Å². The van der Waals surface area contributed by atoms with E-state index in [0.717, 1.165) is 24.5 Å². The molecule has 0 radical (unpaired) electrons. The minimum atomic E-state index is 0.321. The van der Waals surface area contributed by atoms with Gasteiger partial charge in [0, 0.05) is 17.2 Å². The molecule has 0 bridgehead atoms. The average Bonchev–Trinajstić information content (AvgIpc) is 2.32. The van der Waals surface area contributed by atoms with E-state index in [9.17, 15) is 0 Å². The molecule has 0 aliphatic carbocycles. The quantitative estimate of drug-likeness (QED) is 0.854. The van der Waals surface area contributed by atoms with Crippen LogP contribution in [-0.4, -0.2) is 20.8 Å². The summed E-state index contributed by atoms with van der Waals surface area (Å²) in [5, 5.41) is 3.48. The highest BCUT2D eigenvalue weighted by atomic mass is 16.5. The van der Waals surface area contributed by atoms with Crippen LogP contribution in [0.15, 0.2) is 0 Å². The Bertz CT molecular complexity index is 441. The number of nitrogens with one attached hydrogen (secondary N) is 1. The number of fused-ring (bicyclic) bond motifs is 1. The van der Waals surface area contributed by atoms with Crippen molar-refractivity contribution in [3.05, 3.63) is 22.3 Å².